The van der Waals surface area contributed by atoms with Crippen molar-refractivity contribution in [3.63, 3.8) is 0 Å². The van der Waals surface area contributed by atoms with Crippen molar-refractivity contribution in [1.29, 1.82) is 5.26 Å². The molecule has 0 radical (unpaired) electrons. The number of fused-ring (bicyclic) bond motifs is 10. The van der Waals surface area contributed by atoms with Crippen LogP contribution in [0, 0.1) is 11.3 Å². The summed E-state index contributed by atoms with van der Waals surface area (Å²) in [5.74, 6) is 0. The summed E-state index contributed by atoms with van der Waals surface area (Å²) in [5.41, 5.74) is 22.9. The predicted molar refractivity (Wildman–Crippen MR) is 392 cm³/mol. The first kappa shape index (κ1) is 60.2. The second-order valence-electron chi connectivity index (χ2n) is 34.9. The van der Waals surface area contributed by atoms with E-state index in [4.69, 9.17) is 0 Å². The average molecular weight is 1200 g/mol. The summed E-state index contributed by atoms with van der Waals surface area (Å²) in [5, 5.41) is 22.8. The standard InChI is InChI=1S/C86H93N5/c1-79(2,3)49-24-31-67-57(38-49)58-39-50(80(4,5)6)25-32-68(58)88(67)74-47-75-78(65(48-87)77(74)89-69-33-26-51(81(7,8)9)40-59(69)60-41-52(82(10,11)12)27-34-70(60)89)90-71-35-28-53(83(13,14)15)42-61(71)62-44-55(30-37-72(62)90)86(22,23)66-46-56(85(19,20)21)45-64-63-43-54(84(16,17)18)29-36-73(63)91(75)76(64)66/h24-47H,1-23H3. The smallest absolute Gasteiger partial charge is 0.104 e. The van der Waals surface area contributed by atoms with Gasteiger partial charge in [-0.15, -0.1) is 0 Å². The molecule has 15 rings (SSSR count). The molecular formula is C86H93N5. The molecule has 91 heavy (non-hydrogen) atoms. The molecule has 4 aromatic heterocycles. The molecule has 0 N–H and O–H groups in total. The molecule has 9 aromatic carbocycles. The van der Waals surface area contributed by atoms with Crippen LogP contribution in [0.1, 0.15) is 215 Å². The average Bonchev–Trinajstić information content (AvgIpc) is 1.56. The molecule has 462 valence electrons. The van der Waals surface area contributed by atoms with Crippen LogP contribution in [0.5, 0.6) is 0 Å². The van der Waals surface area contributed by atoms with Gasteiger partial charge in [0.2, 0.25) is 0 Å². The van der Waals surface area contributed by atoms with Crippen LogP contribution in [-0.4, -0.2) is 18.3 Å². The van der Waals surface area contributed by atoms with Crippen molar-refractivity contribution in [1.82, 2.24) is 18.3 Å². The highest BCUT2D eigenvalue weighted by molar-refractivity contribution is 6.16. The SMILES string of the molecule is CC(C)(C)c1ccc2c(c1)c1cc(C(C)(C)C)ccc1n2-c1cc2c(c(C#N)c1-n1c3ccc(C(C)(C)C)cc3c3cc(C(C)(C)C)ccc31)-n1c3ccc(C(C)(C)C)cc3c3cc(ccc31)C(C)(C)c1cc(C(C)(C)C)cc3c4cc(C(C)(C)C)ccc4n-2c13. The number of benzene rings is 9. The number of nitriles is 1. The van der Waals surface area contributed by atoms with Gasteiger partial charge >= 0.3 is 0 Å². The molecule has 0 amide bonds. The van der Waals surface area contributed by atoms with Crippen molar-refractivity contribution in [2.45, 2.75) is 203 Å². The molecule has 0 unspecified atom stereocenters. The third kappa shape index (κ3) is 9.10. The van der Waals surface area contributed by atoms with Crippen molar-refractivity contribution in [2.24, 2.45) is 0 Å². The van der Waals surface area contributed by atoms with Crippen molar-refractivity contribution in [3.8, 4) is 28.8 Å². The Bertz CT molecular complexity index is 5200. The maximum absolute atomic E-state index is 13.3. The van der Waals surface area contributed by atoms with Crippen LogP contribution in [0.3, 0.4) is 0 Å². The minimum Gasteiger partial charge on any atom is -0.307 e. The first-order valence-electron chi connectivity index (χ1n) is 33.3. The maximum Gasteiger partial charge on any atom is 0.104 e. The topological polar surface area (TPSA) is 43.5 Å². The highest BCUT2D eigenvalue weighted by atomic mass is 15.1. The van der Waals surface area contributed by atoms with Crippen molar-refractivity contribution in [2.75, 3.05) is 0 Å². The minimum absolute atomic E-state index is 0.110. The number of rotatable bonds is 2. The molecule has 6 heterocycles. The Labute approximate surface area is 540 Å². The Morgan fingerprint density at radius 1 is 0.286 bits per heavy atom. The minimum atomic E-state index is -0.503. The van der Waals surface area contributed by atoms with Crippen molar-refractivity contribution in [3.05, 3.63) is 201 Å². The van der Waals surface area contributed by atoms with Crippen LogP contribution < -0.4 is 0 Å². The van der Waals surface area contributed by atoms with Gasteiger partial charge in [0.05, 0.1) is 66.9 Å². The molecule has 5 nitrogen and oxygen atoms in total. The fraction of sp³-hybridized carbons (Fsp3) is 0.360. The van der Waals surface area contributed by atoms with E-state index in [1.165, 1.54) is 93.2 Å². The number of hydrogen-bond acceptors (Lipinski definition) is 1. The summed E-state index contributed by atoms with van der Waals surface area (Å²) in [4.78, 5) is 0. The molecule has 13 aromatic rings. The van der Waals surface area contributed by atoms with E-state index in [1.54, 1.807) is 0 Å². The van der Waals surface area contributed by atoms with Crippen LogP contribution in [0.2, 0.25) is 0 Å². The third-order valence-corrected chi connectivity index (χ3v) is 20.9. The first-order valence-corrected chi connectivity index (χ1v) is 33.3. The molecule has 4 bridgehead atoms. The summed E-state index contributed by atoms with van der Waals surface area (Å²) in [6.07, 6.45) is 0. The van der Waals surface area contributed by atoms with E-state index in [2.05, 4.69) is 329 Å². The molecule has 2 aliphatic heterocycles. The summed E-state index contributed by atoms with van der Waals surface area (Å²) >= 11 is 0. The van der Waals surface area contributed by atoms with Gasteiger partial charge in [0.1, 0.15) is 11.6 Å². The van der Waals surface area contributed by atoms with Crippen molar-refractivity contribution < 1.29 is 0 Å². The van der Waals surface area contributed by atoms with E-state index in [9.17, 15) is 5.26 Å². The van der Waals surface area contributed by atoms with Gasteiger partial charge in [-0.2, -0.15) is 5.26 Å². The van der Waals surface area contributed by atoms with Gasteiger partial charge in [0.25, 0.3) is 0 Å². The maximum atomic E-state index is 13.3. The number of nitrogens with zero attached hydrogens (tertiary/aromatic N) is 5. The Morgan fingerprint density at radius 3 is 0.868 bits per heavy atom. The van der Waals surface area contributed by atoms with Gasteiger partial charge in [-0.05, 0) is 185 Å². The predicted octanol–water partition coefficient (Wildman–Crippen LogP) is 23.7. The number of aromatic nitrogens is 4. The molecule has 5 heteroatoms. The van der Waals surface area contributed by atoms with Gasteiger partial charge < -0.3 is 18.3 Å². The Morgan fingerprint density at radius 2 is 0.549 bits per heavy atom. The zero-order valence-electron chi connectivity index (χ0n) is 58.6. The lowest BCUT2D eigenvalue weighted by Gasteiger charge is -2.31. The summed E-state index contributed by atoms with van der Waals surface area (Å²) in [6, 6.07) is 61.0. The fourth-order valence-corrected chi connectivity index (χ4v) is 15.0. The van der Waals surface area contributed by atoms with Gasteiger partial charge in [0, 0.05) is 48.5 Å². The van der Waals surface area contributed by atoms with E-state index in [0.29, 0.717) is 5.56 Å². The first-order chi connectivity index (χ1) is 42.3. The highest BCUT2D eigenvalue weighted by Gasteiger charge is 2.37. The Balaban J connectivity index is 1.32. The monoisotopic (exact) mass is 1200 g/mol. The van der Waals surface area contributed by atoms with Gasteiger partial charge in [0.15, 0.2) is 0 Å². The zero-order chi connectivity index (χ0) is 65.3. The van der Waals surface area contributed by atoms with Gasteiger partial charge in [-0.25, -0.2) is 0 Å². The molecular weight excluding hydrogens is 1100 g/mol. The molecule has 0 saturated carbocycles. The van der Waals surface area contributed by atoms with E-state index in [1.807, 2.05) is 0 Å². The fourth-order valence-electron chi connectivity index (χ4n) is 15.0. The van der Waals surface area contributed by atoms with Crippen LogP contribution in [0.15, 0.2) is 146 Å². The zero-order valence-corrected chi connectivity index (χ0v) is 58.6. The largest absolute Gasteiger partial charge is 0.307 e. The molecule has 2 aliphatic rings. The second-order valence-corrected chi connectivity index (χ2v) is 34.9. The lowest BCUT2D eigenvalue weighted by molar-refractivity contribution is 0.584. The molecule has 0 aliphatic carbocycles. The Kier molecular flexibility index (Phi) is 12.7. The van der Waals surface area contributed by atoms with Crippen LogP contribution in [0.25, 0.3) is 110 Å². The Hall–Kier alpha value is -8.33. The molecule has 0 atom stereocenters. The highest BCUT2D eigenvalue weighted by Crippen LogP contribution is 2.52. The number of hydrogen-bond donors (Lipinski definition) is 0. The van der Waals surface area contributed by atoms with Crippen LogP contribution in [0.4, 0.5) is 0 Å². The van der Waals surface area contributed by atoms with E-state index < -0.39 is 5.41 Å². The molecule has 0 spiro atoms. The van der Waals surface area contributed by atoms with Crippen LogP contribution in [-0.2, 0) is 43.3 Å². The molecule has 0 saturated heterocycles. The van der Waals surface area contributed by atoms with E-state index in [-0.39, 0.29) is 37.9 Å². The summed E-state index contributed by atoms with van der Waals surface area (Å²) in [7, 11) is 0. The van der Waals surface area contributed by atoms with Gasteiger partial charge in [-0.1, -0.05) is 208 Å². The lowest BCUT2D eigenvalue weighted by Crippen LogP contribution is -2.22. The van der Waals surface area contributed by atoms with E-state index >= 15 is 0 Å². The van der Waals surface area contributed by atoms with Gasteiger partial charge in [-0.3, -0.25) is 0 Å². The second kappa shape index (κ2) is 19.1. The third-order valence-electron chi connectivity index (χ3n) is 20.9. The molecule has 0 fully saturated rings. The van der Waals surface area contributed by atoms with Crippen LogP contribution >= 0.6 is 0 Å². The van der Waals surface area contributed by atoms with Crippen molar-refractivity contribution >= 4 is 87.2 Å². The lowest BCUT2D eigenvalue weighted by atomic mass is 9.74. The normalized spacial score (nSPS) is 14.4. The quantitative estimate of drug-likeness (QED) is 0.170. The summed E-state index contributed by atoms with van der Waals surface area (Å²) < 4.78 is 10.1. The van der Waals surface area contributed by atoms with E-state index in [0.717, 1.165) is 66.9 Å². The summed E-state index contributed by atoms with van der Waals surface area (Å²) in [6.45, 7) is 53.7.